The highest BCUT2D eigenvalue weighted by atomic mass is 32.2. The Labute approximate surface area is 148 Å². The van der Waals surface area contributed by atoms with Crippen LogP contribution in [0.1, 0.15) is 25.5 Å². The number of nitrogens with one attached hydrogen (secondary N) is 1. The molecule has 1 atom stereocenters. The van der Waals surface area contributed by atoms with Gasteiger partial charge in [-0.25, -0.2) is 21.6 Å². The van der Waals surface area contributed by atoms with Crippen molar-refractivity contribution in [1.82, 2.24) is 4.72 Å². The summed E-state index contributed by atoms with van der Waals surface area (Å²) in [6.07, 6.45) is 1.13. The molecule has 0 saturated carbocycles. The van der Waals surface area contributed by atoms with Gasteiger partial charge < -0.3 is 4.74 Å². The van der Waals surface area contributed by atoms with Crippen LogP contribution < -0.4 is 9.46 Å². The lowest BCUT2D eigenvalue weighted by Crippen LogP contribution is -2.26. The van der Waals surface area contributed by atoms with Gasteiger partial charge in [0.2, 0.25) is 10.0 Å². The third kappa shape index (κ3) is 5.04. The average Bonchev–Trinajstić information content (AvgIpc) is 2.54. The SMILES string of the molecule is CCOc1ccc(S(=O)(=O)N[C@@H](C)c2ccc(S(C)(=O)=O)cc2)cc1. The lowest BCUT2D eigenvalue weighted by Gasteiger charge is -2.15. The van der Waals surface area contributed by atoms with Gasteiger partial charge in [-0.05, 0) is 55.8 Å². The molecule has 2 aromatic carbocycles. The molecule has 6 nitrogen and oxygen atoms in total. The van der Waals surface area contributed by atoms with Gasteiger partial charge >= 0.3 is 0 Å². The maximum Gasteiger partial charge on any atom is 0.241 e. The van der Waals surface area contributed by atoms with Crippen molar-refractivity contribution in [1.29, 1.82) is 0 Å². The Morgan fingerprint density at radius 3 is 1.92 bits per heavy atom. The van der Waals surface area contributed by atoms with E-state index >= 15 is 0 Å². The van der Waals surface area contributed by atoms with E-state index in [-0.39, 0.29) is 9.79 Å². The summed E-state index contributed by atoms with van der Waals surface area (Å²) in [4.78, 5) is 0.327. The van der Waals surface area contributed by atoms with E-state index in [4.69, 9.17) is 4.74 Å². The van der Waals surface area contributed by atoms with E-state index in [1.807, 2.05) is 6.92 Å². The van der Waals surface area contributed by atoms with Crippen molar-refractivity contribution >= 4 is 19.9 Å². The molecule has 136 valence electrons. The largest absolute Gasteiger partial charge is 0.494 e. The summed E-state index contributed by atoms with van der Waals surface area (Å²) < 4.78 is 55.8. The number of benzene rings is 2. The average molecular weight is 383 g/mol. The molecule has 0 bridgehead atoms. The van der Waals surface area contributed by atoms with Crippen molar-refractivity contribution in [3.63, 3.8) is 0 Å². The molecule has 1 N–H and O–H groups in total. The molecule has 25 heavy (non-hydrogen) atoms. The molecule has 0 unspecified atom stereocenters. The van der Waals surface area contributed by atoms with Crippen LogP contribution in [-0.4, -0.2) is 29.7 Å². The first-order valence-electron chi connectivity index (χ1n) is 7.68. The van der Waals surface area contributed by atoms with Crippen LogP contribution in [0.15, 0.2) is 58.3 Å². The van der Waals surface area contributed by atoms with Crippen LogP contribution in [0.25, 0.3) is 0 Å². The van der Waals surface area contributed by atoms with Gasteiger partial charge in [-0.2, -0.15) is 0 Å². The van der Waals surface area contributed by atoms with E-state index in [2.05, 4.69) is 4.72 Å². The standard InChI is InChI=1S/C17H21NO5S2/c1-4-23-15-7-11-17(12-8-15)25(21,22)18-13(2)14-5-9-16(10-6-14)24(3,19)20/h5-13,18H,4H2,1-3H3/t13-/m0/s1. The number of hydrogen-bond donors (Lipinski definition) is 1. The zero-order valence-corrected chi connectivity index (χ0v) is 15.9. The van der Waals surface area contributed by atoms with E-state index < -0.39 is 25.9 Å². The highest BCUT2D eigenvalue weighted by Crippen LogP contribution is 2.20. The molecular formula is C17H21NO5S2. The molecule has 0 radical (unpaired) electrons. The molecule has 2 aromatic rings. The van der Waals surface area contributed by atoms with Crippen LogP contribution in [0.5, 0.6) is 5.75 Å². The minimum absolute atomic E-state index is 0.135. The number of hydrogen-bond acceptors (Lipinski definition) is 5. The van der Waals surface area contributed by atoms with Crippen molar-refractivity contribution < 1.29 is 21.6 Å². The van der Waals surface area contributed by atoms with Crippen LogP contribution in [-0.2, 0) is 19.9 Å². The molecule has 0 aliphatic rings. The summed E-state index contributed by atoms with van der Waals surface area (Å²) in [5.74, 6) is 0.603. The number of ether oxygens (including phenoxy) is 1. The van der Waals surface area contributed by atoms with Gasteiger partial charge in [-0.15, -0.1) is 0 Å². The molecule has 0 aliphatic heterocycles. The maximum absolute atomic E-state index is 12.5. The van der Waals surface area contributed by atoms with Gasteiger partial charge in [0.25, 0.3) is 0 Å². The second kappa shape index (κ2) is 7.55. The monoisotopic (exact) mass is 383 g/mol. The Morgan fingerprint density at radius 1 is 0.920 bits per heavy atom. The van der Waals surface area contributed by atoms with Gasteiger partial charge in [-0.1, -0.05) is 12.1 Å². The molecule has 0 heterocycles. The van der Waals surface area contributed by atoms with E-state index in [0.717, 1.165) is 6.26 Å². The third-order valence-electron chi connectivity index (χ3n) is 3.59. The predicted molar refractivity (Wildman–Crippen MR) is 95.9 cm³/mol. The maximum atomic E-state index is 12.5. The summed E-state index contributed by atoms with van der Waals surface area (Å²) in [7, 11) is -6.98. The summed E-state index contributed by atoms with van der Waals surface area (Å²) >= 11 is 0. The van der Waals surface area contributed by atoms with Crippen molar-refractivity contribution in [3.8, 4) is 5.75 Å². The fourth-order valence-electron chi connectivity index (χ4n) is 2.25. The summed E-state index contributed by atoms with van der Waals surface area (Å²) in [5.41, 5.74) is 0.668. The lowest BCUT2D eigenvalue weighted by atomic mass is 10.1. The van der Waals surface area contributed by atoms with Crippen molar-refractivity contribution in [2.24, 2.45) is 0 Å². The van der Waals surface area contributed by atoms with Crippen LogP contribution in [0, 0.1) is 0 Å². The van der Waals surface area contributed by atoms with Crippen LogP contribution >= 0.6 is 0 Å². The van der Waals surface area contributed by atoms with Crippen LogP contribution in [0.4, 0.5) is 0 Å². The smallest absolute Gasteiger partial charge is 0.241 e. The summed E-state index contributed by atoms with van der Waals surface area (Å²) in [6.45, 7) is 4.05. The first-order chi connectivity index (χ1) is 11.6. The molecule has 0 saturated heterocycles. The minimum Gasteiger partial charge on any atom is -0.494 e. The molecule has 0 fully saturated rings. The topological polar surface area (TPSA) is 89.5 Å². The molecule has 0 aliphatic carbocycles. The van der Waals surface area contributed by atoms with E-state index in [1.165, 1.54) is 24.3 Å². The van der Waals surface area contributed by atoms with Gasteiger partial charge in [0, 0.05) is 12.3 Å². The summed E-state index contributed by atoms with van der Waals surface area (Å²) in [5, 5.41) is 0. The second-order valence-corrected chi connectivity index (χ2v) is 9.32. The fraction of sp³-hybridized carbons (Fsp3) is 0.294. The zero-order chi connectivity index (χ0) is 18.7. The van der Waals surface area contributed by atoms with E-state index in [9.17, 15) is 16.8 Å². The van der Waals surface area contributed by atoms with Crippen LogP contribution in [0.2, 0.25) is 0 Å². The molecule has 8 heteroatoms. The fourth-order valence-corrected chi connectivity index (χ4v) is 4.12. The molecule has 0 amide bonds. The van der Waals surface area contributed by atoms with Gasteiger partial charge in [0.1, 0.15) is 5.75 Å². The summed E-state index contributed by atoms with van der Waals surface area (Å²) in [6, 6.07) is 11.8. The molecule has 0 spiro atoms. The second-order valence-electron chi connectivity index (χ2n) is 5.59. The van der Waals surface area contributed by atoms with Crippen molar-refractivity contribution in [2.75, 3.05) is 12.9 Å². The first-order valence-corrected chi connectivity index (χ1v) is 11.1. The van der Waals surface area contributed by atoms with E-state index in [0.29, 0.717) is 17.9 Å². The Hall–Kier alpha value is -1.90. The first kappa shape index (κ1) is 19.4. The van der Waals surface area contributed by atoms with Gasteiger partial charge in [-0.3, -0.25) is 0 Å². The molecule has 2 rings (SSSR count). The number of rotatable bonds is 7. The number of sulfone groups is 1. The number of sulfonamides is 1. The van der Waals surface area contributed by atoms with Crippen molar-refractivity contribution in [2.45, 2.75) is 29.7 Å². The zero-order valence-electron chi connectivity index (χ0n) is 14.3. The highest BCUT2D eigenvalue weighted by Gasteiger charge is 2.19. The Bertz CT molecular complexity index is 918. The van der Waals surface area contributed by atoms with Gasteiger partial charge in [0.15, 0.2) is 9.84 Å². The minimum atomic E-state index is -3.70. The predicted octanol–water partition coefficient (Wildman–Crippen LogP) is 2.53. The van der Waals surface area contributed by atoms with Crippen molar-refractivity contribution in [3.05, 3.63) is 54.1 Å². The van der Waals surface area contributed by atoms with E-state index in [1.54, 1.807) is 31.2 Å². The van der Waals surface area contributed by atoms with Gasteiger partial charge in [0.05, 0.1) is 16.4 Å². The molecule has 0 aromatic heterocycles. The lowest BCUT2D eigenvalue weighted by molar-refractivity contribution is 0.340. The molecular weight excluding hydrogens is 362 g/mol. The van der Waals surface area contributed by atoms with Crippen LogP contribution in [0.3, 0.4) is 0 Å². The Morgan fingerprint density at radius 2 is 1.44 bits per heavy atom. The Balaban J connectivity index is 2.16. The Kier molecular flexibility index (Phi) is 5.87. The third-order valence-corrected chi connectivity index (χ3v) is 6.27. The quantitative estimate of drug-likeness (QED) is 0.793. The highest BCUT2D eigenvalue weighted by molar-refractivity contribution is 7.90. The normalized spacial score (nSPS) is 13.4.